The number of carbonyl (C=O) groups is 3. The summed E-state index contributed by atoms with van der Waals surface area (Å²) in [5, 5.41) is 6.03. The zero-order valence-electron chi connectivity index (χ0n) is 15.3. The average molecular weight is 401 g/mol. The van der Waals surface area contributed by atoms with Gasteiger partial charge in [-0.25, -0.2) is 4.79 Å². The topological polar surface area (TPSA) is 81.8 Å². The summed E-state index contributed by atoms with van der Waals surface area (Å²) >= 11 is 6.10. The Morgan fingerprint density at radius 1 is 1.32 bits per heavy atom. The molecule has 1 aromatic carbocycles. The number of hydrogen-bond acceptors (Lipinski definition) is 3. The second kappa shape index (κ2) is 8.31. The Hall–Kier alpha value is -3.06. The van der Waals surface area contributed by atoms with Crippen LogP contribution in [0.25, 0.3) is 0 Å². The van der Waals surface area contributed by atoms with E-state index in [0.29, 0.717) is 28.4 Å². The molecule has 3 rings (SSSR count). The largest absolute Gasteiger partial charge is 0.351 e. The van der Waals surface area contributed by atoms with Gasteiger partial charge in [0.2, 0.25) is 5.91 Å². The summed E-state index contributed by atoms with van der Waals surface area (Å²) in [5.74, 6) is -0.579. The van der Waals surface area contributed by atoms with Crippen molar-refractivity contribution in [3.05, 3.63) is 71.4 Å². The molecule has 0 spiro atoms. The molecule has 1 atom stereocenters. The predicted octanol–water partition coefficient (Wildman–Crippen LogP) is 1.99. The van der Waals surface area contributed by atoms with Gasteiger partial charge in [0.25, 0.3) is 5.91 Å². The highest BCUT2D eigenvalue weighted by Crippen LogP contribution is 2.36. The van der Waals surface area contributed by atoms with Gasteiger partial charge in [0.05, 0.1) is 23.9 Å². The summed E-state index contributed by atoms with van der Waals surface area (Å²) < 4.78 is 0. The van der Waals surface area contributed by atoms with Gasteiger partial charge in [-0.3, -0.25) is 14.5 Å². The van der Waals surface area contributed by atoms with Crippen LogP contribution in [0.5, 0.6) is 0 Å². The summed E-state index contributed by atoms with van der Waals surface area (Å²) in [6, 6.07) is 6.05. The lowest BCUT2D eigenvalue weighted by molar-refractivity contribution is -0.131. The van der Waals surface area contributed by atoms with Crippen LogP contribution in [0.2, 0.25) is 5.02 Å². The summed E-state index contributed by atoms with van der Waals surface area (Å²) in [4.78, 5) is 40.7. The number of nitrogens with one attached hydrogen (secondary N) is 2. The molecular formula is C20H21ClN4O3. The summed E-state index contributed by atoms with van der Waals surface area (Å²) in [6.45, 7) is 7.89. The maximum atomic E-state index is 13.1. The molecule has 0 bridgehead atoms. The molecule has 0 fully saturated rings. The quantitative estimate of drug-likeness (QED) is 0.687. The van der Waals surface area contributed by atoms with E-state index in [1.165, 1.54) is 9.80 Å². The van der Waals surface area contributed by atoms with Crippen LogP contribution in [0.3, 0.4) is 0 Å². The van der Waals surface area contributed by atoms with E-state index in [-0.39, 0.29) is 37.5 Å². The molecule has 2 aliphatic rings. The van der Waals surface area contributed by atoms with Gasteiger partial charge in [0.1, 0.15) is 6.54 Å². The van der Waals surface area contributed by atoms with Gasteiger partial charge in [0.15, 0.2) is 0 Å². The number of carbonyl (C=O) groups excluding carboxylic acids is 3. The first-order valence-corrected chi connectivity index (χ1v) is 9.18. The van der Waals surface area contributed by atoms with Crippen LogP contribution < -0.4 is 10.6 Å². The minimum absolute atomic E-state index is 0.0991. The third kappa shape index (κ3) is 3.80. The molecule has 0 saturated heterocycles. The number of rotatable bonds is 7. The van der Waals surface area contributed by atoms with Crippen molar-refractivity contribution in [1.29, 1.82) is 0 Å². The van der Waals surface area contributed by atoms with Crippen LogP contribution in [0, 0.1) is 0 Å². The molecule has 7 nitrogen and oxygen atoms in total. The Morgan fingerprint density at radius 2 is 2.11 bits per heavy atom. The van der Waals surface area contributed by atoms with Gasteiger partial charge < -0.3 is 15.5 Å². The maximum Gasteiger partial charge on any atom is 0.322 e. The molecule has 4 amide bonds. The van der Waals surface area contributed by atoms with E-state index < -0.39 is 6.04 Å². The van der Waals surface area contributed by atoms with Crippen LogP contribution in [-0.4, -0.2) is 53.8 Å². The number of nitrogens with zero attached hydrogens (tertiary/aromatic N) is 2. The smallest absolute Gasteiger partial charge is 0.322 e. The van der Waals surface area contributed by atoms with E-state index in [1.54, 1.807) is 36.4 Å². The third-order valence-electron chi connectivity index (χ3n) is 4.57. The maximum absolute atomic E-state index is 13.1. The number of halogens is 1. The van der Waals surface area contributed by atoms with Gasteiger partial charge in [-0.2, -0.15) is 0 Å². The molecule has 0 aliphatic carbocycles. The van der Waals surface area contributed by atoms with E-state index >= 15 is 0 Å². The van der Waals surface area contributed by atoms with Crippen LogP contribution in [0.15, 0.2) is 60.8 Å². The van der Waals surface area contributed by atoms with Crippen molar-refractivity contribution in [2.45, 2.75) is 6.04 Å². The first kappa shape index (κ1) is 19.7. The van der Waals surface area contributed by atoms with Gasteiger partial charge in [-0.15, -0.1) is 13.2 Å². The lowest BCUT2D eigenvalue weighted by Gasteiger charge is -2.33. The fourth-order valence-electron chi connectivity index (χ4n) is 3.35. The van der Waals surface area contributed by atoms with Crippen LogP contribution in [-0.2, 0) is 9.59 Å². The Labute approximate surface area is 168 Å². The van der Waals surface area contributed by atoms with Gasteiger partial charge >= 0.3 is 6.03 Å². The molecule has 28 heavy (non-hydrogen) atoms. The lowest BCUT2D eigenvalue weighted by atomic mass is 9.95. The minimum atomic E-state index is -0.629. The highest BCUT2D eigenvalue weighted by atomic mass is 35.5. The van der Waals surface area contributed by atoms with Crippen molar-refractivity contribution in [2.24, 2.45) is 0 Å². The van der Waals surface area contributed by atoms with E-state index in [2.05, 4.69) is 23.8 Å². The summed E-state index contributed by atoms with van der Waals surface area (Å²) in [7, 11) is 0. The lowest BCUT2D eigenvalue weighted by Crippen LogP contribution is -2.47. The summed E-state index contributed by atoms with van der Waals surface area (Å²) in [6.07, 6.45) is 3.16. The Kier molecular flexibility index (Phi) is 5.84. The Balaban J connectivity index is 1.94. The molecule has 2 heterocycles. The average Bonchev–Trinajstić information content (AvgIpc) is 2.98. The number of amides is 4. The normalized spacial score (nSPS) is 18.7. The third-order valence-corrected chi connectivity index (χ3v) is 4.80. The predicted molar refractivity (Wildman–Crippen MR) is 106 cm³/mol. The van der Waals surface area contributed by atoms with E-state index in [1.807, 2.05) is 0 Å². The summed E-state index contributed by atoms with van der Waals surface area (Å²) in [5.41, 5.74) is 1.73. The standard InChI is InChI=1S/C20H21ClN4O3/c1-3-8-22-16(26)12-24-11-15-17(19(24)27)18(13-6-5-7-14(21)10-13)23-20(28)25(15)9-4-2/h3-7,10,18H,1-2,8-9,11-12H2,(H,22,26)(H,23,28). The Bertz CT molecular complexity index is 880. The first-order chi connectivity index (χ1) is 13.5. The highest BCUT2D eigenvalue weighted by Gasteiger charge is 2.44. The fraction of sp³-hybridized carbons (Fsp3) is 0.250. The molecule has 0 radical (unpaired) electrons. The second-order valence-electron chi connectivity index (χ2n) is 6.45. The molecular weight excluding hydrogens is 380 g/mol. The molecule has 8 heteroatoms. The van der Waals surface area contributed by atoms with Gasteiger partial charge in [-0.05, 0) is 17.7 Å². The molecule has 0 saturated carbocycles. The molecule has 2 N–H and O–H groups in total. The molecule has 146 valence electrons. The van der Waals surface area contributed by atoms with Crippen LogP contribution in [0.1, 0.15) is 11.6 Å². The van der Waals surface area contributed by atoms with Crippen molar-refractivity contribution in [3.8, 4) is 0 Å². The van der Waals surface area contributed by atoms with E-state index in [4.69, 9.17) is 11.6 Å². The van der Waals surface area contributed by atoms with Crippen molar-refractivity contribution >= 4 is 29.4 Å². The van der Waals surface area contributed by atoms with E-state index in [9.17, 15) is 14.4 Å². The molecule has 1 aromatic rings. The molecule has 2 aliphatic heterocycles. The van der Waals surface area contributed by atoms with Gasteiger partial charge in [-0.1, -0.05) is 35.9 Å². The van der Waals surface area contributed by atoms with Crippen molar-refractivity contribution in [3.63, 3.8) is 0 Å². The fourth-order valence-corrected chi connectivity index (χ4v) is 3.55. The molecule has 1 unspecified atom stereocenters. The number of benzene rings is 1. The number of urea groups is 1. The van der Waals surface area contributed by atoms with Gasteiger partial charge in [0, 0.05) is 18.1 Å². The zero-order chi connectivity index (χ0) is 20.3. The van der Waals surface area contributed by atoms with Crippen LogP contribution in [0.4, 0.5) is 4.79 Å². The van der Waals surface area contributed by atoms with Crippen LogP contribution >= 0.6 is 11.6 Å². The van der Waals surface area contributed by atoms with Crippen molar-refractivity contribution in [1.82, 2.24) is 20.4 Å². The van der Waals surface area contributed by atoms with Crippen molar-refractivity contribution in [2.75, 3.05) is 26.2 Å². The molecule has 0 aromatic heterocycles. The number of hydrogen-bond donors (Lipinski definition) is 2. The second-order valence-corrected chi connectivity index (χ2v) is 6.89. The van der Waals surface area contributed by atoms with Crippen molar-refractivity contribution < 1.29 is 14.4 Å². The minimum Gasteiger partial charge on any atom is -0.351 e. The Morgan fingerprint density at radius 3 is 2.79 bits per heavy atom. The monoisotopic (exact) mass is 400 g/mol. The zero-order valence-corrected chi connectivity index (χ0v) is 16.0. The van der Waals surface area contributed by atoms with E-state index in [0.717, 1.165) is 0 Å². The first-order valence-electron chi connectivity index (χ1n) is 8.80. The highest BCUT2D eigenvalue weighted by molar-refractivity contribution is 6.30. The SMILES string of the molecule is C=CCNC(=O)CN1CC2=C(C1=O)C(c1cccc(Cl)c1)NC(=O)N2CC=C.